The van der Waals surface area contributed by atoms with Gasteiger partial charge < -0.3 is 10.6 Å². The van der Waals surface area contributed by atoms with Crippen molar-refractivity contribution in [1.29, 1.82) is 0 Å². The van der Waals surface area contributed by atoms with Crippen LogP contribution < -0.4 is 10.6 Å². The van der Waals surface area contributed by atoms with Crippen molar-refractivity contribution in [3.63, 3.8) is 0 Å². The van der Waals surface area contributed by atoms with Crippen molar-refractivity contribution in [2.45, 2.75) is 163 Å². The van der Waals surface area contributed by atoms with Crippen LogP contribution in [0.3, 0.4) is 0 Å². The Morgan fingerprint density at radius 1 is 0.630 bits per heavy atom. The summed E-state index contributed by atoms with van der Waals surface area (Å²) < 4.78 is 0. The summed E-state index contributed by atoms with van der Waals surface area (Å²) in [5, 5.41) is 9.19. The minimum atomic E-state index is -0.0346. The maximum atomic E-state index is 3.87. The predicted octanol–water partition coefficient (Wildman–Crippen LogP) is 10.4. The van der Waals surface area contributed by atoms with Gasteiger partial charge >= 0.3 is 0 Å². The number of nitrogens with one attached hydrogen (secondary N) is 2. The maximum absolute atomic E-state index is 3.87. The molecular formula is C42H66N2P2. The highest BCUT2D eigenvalue weighted by atomic mass is 31.1. The second kappa shape index (κ2) is 12.3. The average Bonchev–Trinajstić information content (AvgIpc) is 3.02. The third-order valence-corrected chi connectivity index (χ3v) is 22.9. The molecule has 1 aromatic rings. The molecule has 2 atom stereocenters. The number of hydrogen-bond acceptors (Lipinski definition) is 2. The molecule has 10 aliphatic rings. The van der Waals surface area contributed by atoms with Crippen molar-refractivity contribution in [1.82, 2.24) is 10.6 Å². The van der Waals surface area contributed by atoms with Crippen molar-refractivity contribution in [3.8, 4) is 0 Å². The van der Waals surface area contributed by atoms with E-state index in [1.807, 2.05) is 11.1 Å². The van der Waals surface area contributed by atoms with E-state index in [0.717, 1.165) is 57.1 Å². The van der Waals surface area contributed by atoms with Gasteiger partial charge in [0.1, 0.15) is 0 Å². The van der Waals surface area contributed by atoms with E-state index in [1.165, 1.54) is 64.2 Å². The third kappa shape index (κ3) is 5.94. The number of hydrogen-bond donors (Lipinski definition) is 2. The second-order valence-electron chi connectivity index (χ2n) is 19.8. The molecule has 8 aliphatic carbocycles. The van der Waals surface area contributed by atoms with Crippen LogP contribution in [0.5, 0.6) is 0 Å². The highest BCUT2D eigenvalue weighted by molar-refractivity contribution is 7.60. The van der Waals surface area contributed by atoms with Crippen LogP contribution in [0.15, 0.2) is 18.2 Å². The van der Waals surface area contributed by atoms with Crippen molar-refractivity contribution >= 4 is 15.8 Å². The van der Waals surface area contributed by atoms with E-state index in [4.69, 9.17) is 0 Å². The summed E-state index contributed by atoms with van der Waals surface area (Å²) in [5.74, 6) is 6.49. The molecule has 4 heteroatoms. The number of piperidine rings is 2. The molecule has 11 rings (SSSR count). The summed E-state index contributed by atoms with van der Waals surface area (Å²) in [6.45, 7) is 12.4. The molecular weight excluding hydrogens is 594 g/mol. The smallest absolute Gasteiger partial charge is 0.00191 e. The molecule has 0 spiro atoms. The summed E-state index contributed by atoms with van der Waals surface area (Å²) in [5.41, 5.74) is 7.32. The van der Waals surface area contributed by atoms with Gasteiger partial charge in [0, 0.05) is 13.1 Å². The van der Waals surface area contributed by atoms with E-state index in [1.54, 1.807) is 82.6 Å². The molecule has 254 valence electrons. The Labute approximate surface area is 285 Å². The summed E-state index contributed by atoms with van der Waals surface area (Å²) >= 11 is 0. The number of rotatable bonds is 8. The normalized spacial score (nSPS) is 44.4. The SMILES string of the molecule is CC(C)(C)c1ccc(CP(C23CC4CC(CC(C4)C2)C3)C23CC4CC(CC(C4)C2)C3)c(CP(C2CCCNC2)C2CCCNC2)c1. The first kappa shape index (κ1) is 31.9. The lowest BCUT2D eigenvalue weighted by Gasteiger charge is -2.67. The minimum Gasteiger partial charge on any atom is -0.316 e. The molecule has 2 N–H and O–H groups in total. The Hall–Kier alpha value is -0.0000000000000000555. The van der Waals surface area contributed by atoms with Crippen LogP contribution in [-0.4, -0.2) is 47.8 Å². The molecule has 2 unspecified atom stereocenters. The molecule has 0 radical (unpaired) electrons. The lowest BCUT2D eigenvalue weighted by Crippen LogP contribution is -2.56. The van der Waals surface area contributed by atoms with Gasteiger partial charge in [0.05, 0.1) is 0 Å². The molecule has 2 nitrogen and oxygen atoms in total. The first-order valence-corrected chi connectivity index (χ1v) is 23.5. The lowest BCUT2D eigenvalue weighted by atomic mass is 9.55. The van der Waals surface area contributed by atoms with Crippen LogP contribution in [0.4, 0.5) is 0 Å². The molecule has 0 amide bonds. The highest BCUT2D eigenvalue weighted by Crippen LogP contribution is 2.79. The first-order valence-electron chi connectivity index (χ1n) is 20.3. The molecule has 2 heterocycles. The van der Waals surface area contributed by atoms with Gasteiger partial charge in [0.2, 0.25) is 0 Å². The Kier molecular flexibility index (Phi) is 8.57. The fourth-order valence-corrected chi connectivity index (χ4v) is 22.9. The second-order valence-corrected chi connectivity index (χ2v) is 25.7. The van der Waals surface area contributed by atoms with E-state index >= 15 is 0 Å². The topological polar surface area (TPSA) is 24.1 Å². The summed E-state index contributed by atoms with van der Waals surface area (Å²) in [6.07, 6.45) is 28.0. The molecule has 10 fully saturated rings. The van der Waals surface area contributed by atoms with Crippen LogP contribution in [0.1, 0.15) is 140 Å². The summed E-state index contributed by atoms with van der Waals surface area (Å²) in [7, 11) is -0.0451. The monoisotopic (exact) mass is 660 g/mol. The van der Waals surface area contributed by atoms with E-state index in [2.05, 4.69) is 49.6 Å². The molecule has 2 aliphatic heterocycles. The van der Waals surface area contributed by atoms with Crippen molar-refractivity contribution in [2.24, 2.45) is 35.5 Å². The Balaban J connectivity index is 1.11. The zero-order valence-electron chi connectivity index (χ0n) is 29.8. The Morgan fingerprint density at radius 2 is 1.09 bits per heavy atom. The van der Waals surface area contributed by atoms with E-state index in [0.29, 0.717) is 0 Å². The van der Waals surface area contributed by atoms with Crippen LogP contribution in [0.2, 0.25) is 0 Å². The van der Waals surface area contributed by atoms with Gasteiger partial charge in [-0.1, -0.05) is 54.8 Å². The van der Waals surface area contributed by atoms with Crippen LogP contribution >= 0.6 is 15.8 Å². The average molecular weight is 661 g/mol. The van der Waals surface area contributed by atoms with E-state index in [-0.39, 0.29) is 21.3 Å². The van der Waals surface area contributed by atoms with Crippen LogP contribution in [0, 0.1) is 35.5 Å². The maximum Gasteiger partial charge on any atom is 0.00191 e. The van der Waals surface area contributed by atoms with E-state index in [9.17, 15) is 0 Å². The Bertz CT molecular complexity index is 1120. The van der Waals surface area contributed by atoms with E-state index < -0.39 is 0 Å². The molecule has 8 bridgehead atoms. The van der Waals surface area contributed by atoms with Gasteiger partial charge in [-0.25, -0.2) is 0 Å². The van der Waals surface area contributed by atoms with Crippen molar-refractivity contribution in [3.05, 3.63) is 34.9 Å². The molecule has 8 saturated carbocycles. The number of benzene rings is 1. The highest BCUT2D eigenvalue weighted by Gasteiger charge is 2.62. The zero-order chi connectivity index (χ0) is 31.1. The van der Waals surface area contributed by atoms with Crippen LogP contribution in [0.25, 0.3) is 0 Å². The van der Waals surface area contributed by atoms with Crippen molar-refractivity contribution < 1.29 is 0 Å². The lowest BCUT2D eigenvalue weighted by molar-refractivity contribution is 0.0184. The minimum absolute atomic E-state index is 0.0105. The van der Waals surface area contributed by atoms with Gasteiger partial charge in [-0.2, -0.15) is 0 Å². The summed E-state index contributed by atoms with van der Waals surface area (Å²) in [4.78, 5) is 0. The first-order chi connectivity index (χ1) is 22.2. The summed E-state index contributed by atoms with van der Waals surface area (Å²) in [6, 6.07) is 8.15. The van der Waals surface area contributed by atoms with Gasteiger partial charge in [-0.3, -0.25) is 0 Å². The van der Waals surface area contributed by atoms with Gasteiger partial charge in [0.15, 0.2) is 0 Å². The zero-order valence-corrected chi connectivity index (χ0v) is 31.6. The quantitative estimate of drug-likeness (QED) is 0.271. The third-order valence-electron chi connectivity index (χ3n) is 15.4. The fraction of sp³-hybridized carbons (Fsp3) is 0.857. The standard InChI is InChI=1S/C42H66N2P2/c1-40(2,3)37-9-8-35(36(18-37)27-45(38-6-4-10-43-25-38)39-7-5-11-44-26-39)28-46(41-19-29-12-30(20-41)14-31(13-29)21-41)42-22-32-15-33(23-42)17-34(16-32)24-42/h8-9,18,29-34,38-39,43-44H,4-7,10-17,19-28H2,1-3H3. The van der Waals surface area contributed by atoms with Crippen LogP contribution in [-0.2, 0) is 17.7 Å². The van der Waals surface area contributed by atoms with Crippen molar-refractivity contribution in [2.75, 3.05) is 26.2 Å². The molecule has 2 saturated heterocycles. The van der Waals surface area contributed by atoms with Gasteiger partial charge in [-0.05, 0) is 207 Å². The van der Waals surface area contributed by atoms with Gasteiger partial charge in [-0.15, -0.1) is 0 Å². The largest absolute Gasteiger partial charge is 0.316 e. The van der Waals surface area contributed by atoms with Gasteiger partial charge in [0.25, 0.3) is 0 Å². The Morgan fingerprint density at radius 3 is 1.48 bits per heavy atom. The molecule has 1 aromatic carbocycles. The molecule has 46 heavy (non-hydrogen) atoms. The molecule has 0 aromatic heterocycles. The fourth-order valence-electron chi connectivity index (χ4n) is 14.2. The predicted molar refractivity (Wildman–Crippen MR) is 200 cm³/mol.